The van der Waals surface area contributed by atoms with E-state index >= 15 is 0 Å². The third-order valence-corrected chi connectivity index (χ3v) is 4.59. The third kappa shape index (κ3) is 5.73. The standard InChI is InChI=1S/C21H18ClF2N3O5/c1-30-16-8-4-6-14(19(16)32-21(23)24)20(29)31-12-18(28)26-17-9-10-25-27(17)11-13-5-2-3-7-15(13)22/h2-10,21H,11-12H2,1H3,(H,26,28). The number of methoxy groups -OCH3 is 1. The van der Waals surface area contributed by atoms with Crippen molar-refractivity contribution in [2.45, 2.75) is 13.2 Å². The monoisotopic (exact) mass is 465 g/mol. The van der Waals surface area contributed by atoms with Gasteiger partial charge in [0.25, 0.3) is 5.91 Å². The smallest absolute Gasteiger partial charge is 0.387 e. The predicted octanol–water partition coefficient (Wildman–Crippen LogP) is 3.99. The number of halogens is 3. The second-order valence-electron chi connectivity index (χ2n) is 6.31. The van der Waals surface area contributed by atoms with Crippen LogP contribution in [-0.4, -0.2) is 42.0 Å². The number of aromatic nitrogens is 2. The molecule has 1 N–H and O–H groups in total. The Morgan fingerprint density at radius 3 is 2.66 bits per heavy atom. The van der Waals surface area contributed by atoms with E-state index < -0.39 is 30.8 Å². The maximum Gasteiger partial charge on any atom is 0.387 e. The van der Waals surface area contributed by atoms with Crippen LogP contribution in [0.15, 0.2) is 54.7 Å². The highest BCUT2D eigenvalue weighted by Crippen LogP contribution is 2.32. The second-order valence-corrected chi connectivity index (χ2v) is 6.71. The highest BCUT2D eigenvalue weighted by molar-refractivity contribution is 6.31. The van der Waals surface area contributed by atoms with Crippen molar-refractivity contribution in [3.63, 3.8) is 0 Å². The highest BCUT2D eigenvalue weighted by Gasteiger charge is 2.22. The molecular formula is C21H18ClF2N3O5. The van der Waals surface area contributed by atoms with Crippen LogP contribution >= 0.6 is 11.6 Å². The van der Waals surface area contributed by atoms with Crippen molar-refractivity contribution in [2.24, 2.45) is 0 Å². The predicted molar refractivity (Wildman–Crippen MR) is 111 cm³/mol. The molecule has 0 unspecified atom stereocenters. The van der Waals surface area contributed by atoms with Crippen LogP contribution in [0.1, 0.15) is 15.9 Å². The van der Waals surface area contributed by atoms with Gasteiger partial charge in [-0.25, -0.2) is 9.48 Å². The number of anilines is 1. The van der Waals surface area contributed by atoms with Gasteiger partial charge in [0.15, 0.2) is 18.1 Å². The zero-order valence-corrected chi connectivity index (χ0v) is 17.5. The Morgan fingerprint density at radius 2 is 1.94 bits per heavy atom. The van der Waals surface area contributed by atoms with Crippen LogP contribution in [0, 0.1) is 0 Å². The molecule has 0 aliphatic carbocycles. The second kappa shape index (κ2) is 10.6. The van der Waals surface area contributed by atoms with Crippen molar-refractivity contribution in [2.75, 3.05) is 19.0 Å². The van der Waals surface area contributed by atoms with E-state index in [1.54, 1.807) is 18.2 Å². The number of esters is 1. The van der Waals surface area contributed by atoms with Crippen LogP contribution in [0.3, 0.4) is 0 Å². The number of para-hydroxylation sites is 1. The topological polar surface area (TPSA) is 91.7 Å². The zero-order chi connectivity index (χ0) is 23.1. The number of nitrogens with zero attached hydrogens (tertiary/aromatic N) is 2. The Morgan fingerprint density at radius 1 is 1.16 bits per heavy atom. The number of benzene rings is 2. The maximum atomic E-state index is 12.7. The normalized spacial score (nSPS) is 10.7. The first-order chi connectivity index (χ1) is 15.4. The number of amides is 1. The molecule has 0 saturated carbocycles. The molecule has 168 valence electrons. The lowest BCUT2D eigenvalue weighted by molar-refractivity contribution is -0.119. The lowest BCUT2D eigenvalue weighted by Crippen LogP contribution is -2.23. The minimum absolute atomic E-state index is 0.0762. The van der Waals surface area contributed by atoms with Gasteiger partial charge in [-0.3, -0.25) is 4.79 Å². The van der Waals surface area contributed by atoms with Gasteiger partial charge in [-0.15, -0.1) is 0 Å². The van der Waals surface area contributed by atoms with E-state index in [4.69, 9.17) is 21.1 Å². The number of carbonyl (C=O) groups excluding carboxylic acids is 2. The van der Waals surface area contributed by atoms with Crippen LogP contribution < -0.4 is 14.8 Å². The van der Waals surface area contributed by atoms with E-state index in [2.05, 4.69) is 15.2 Å². The Labute approximate surface area is 186 Å². The van der Waals surface area contributed by atoms with Gasteiger partial charge in [-0.1, -0.05) is 35.9 Å². The van der Waals surface area contributed by atoms with Gasteiger partial charge < -0.3 is 19.5 Å². The van der Waals surface area contributed by atoms with Crippen molar-refractivity contribution in [1.82, 2.24) is 9.78 Å². The van der Waals surface area contributed by atoms with Crippen LogP contribution in [0.25, 0.3) is 0 Å². The van der Waals surface area contributed by atoms with Crippen molar-refractivity contribution < 1.29 is 32.6 Å². The average molecular weight is 466 g/mol. The first-order valence-electron chi connectivity index (χ1n) is 9.23. The van der Waals surface area contributed by atoms with Gasteiger partial charge in [0.1, 0.15) is 11.4 Å². The molecule has 0 saturated heterocycles. The summed E-state index contributed by atoms with van der Waals surface area (Å²) in [5.41, 5.74) is 0.491. The van der Waals surface area contributed by atoms with Crippen molar-refractivity contribution >= 4 is 29.3 Å². The molecule has 0 radical (unpaired) electrons. The van der Waals surface area contributed by atoms with Crippen molar-refractivity contribution in [1.29, 1.82) is 0 Å². The minimum Gasteiger partial charge on any atom is -0.493 e. The van der Waals surface area contributed by atoms with E-state index in [0.29, 0.717) is 17.4 Å². The quantitative estimate of drug-likeness (QED) is 0.480. The number of nitrogens with one attached hydrogen (secondary N) is 1. The molecule has 32 heavy (non-hydrogen) atoms. The van der Waals surface area contributed by atoms with Crippen LogP contribution in [0.5, 0.6) is 11.5 Å². The molecule has 1 heterocycles. The number of carbonyl (C=O) groups is 2. The van der Waals surface area contributed by atoms with Gasteiger partial charge in [-0.05, 0) is 23.8 Å². The SMILES string of the molecule is COc1cccc(C(=O)OCC(=O)Nc2ccnn2Cc2ccccc2Cl)c1OC(F)F. The van der Waals surface area contributed by atoms with Crippen LogP contribution in [-0.2, 0) is 16.1 Å². The summed E-state index contributed by atoms with van der Waals surface area (Å²) in [6.45, 7) is -3.54. The Kier molecular flexibility index (Phi) is 7.61. The van der Waals surface area contributed by atoms with Gasteiger partial charge in [-0.2, -0.15) is 13.9 Å². The van der Waals surface area contributed by atoms with Crippen LogP contribution in [0.2, 0.25) is 5.02 Å². The molecule has 0 spiro atoms. The molecule has 2 aromatic carbocycles. The number of ether oxygens (including phenoxy) is 3. The van der Waals surface area contributed by atoms with E-state index in [-0.39, 0.29) is 11.3 Å². The molecule has 8 nitrogen and oxygen atoms in total. The summed E-state index contributed by atoms with van der Waals surface area (Å²) in [6.07, 6.45) is 1.49. The van der Waals surface area contributed by atoms with E-state index in [1.807, 2.05) is 12.1 Å². The molecule has 0 bridgehead atoms. The molecule has 1 aromatic heterocycles. The Balaban J connectivity index is 1.64. The number of alkyl halides is 2. The lowest BCUT2D eigenvalue weighted by Gasteiger charge is -2.14. The number of hydrogen-bond donors (Lipinski definition) is 1. The summed E-state index contributed by atoms with van der Waals surface area (Å²) in [7, 11) is 1.24. The van der Waals surface area contributed by atoms with Crippen molar-refractivity contribution in [3.8, 4) is 11.5 Å². The average Bonchev–Trinajstić information content (AvgIpc) is 3.19. The first-order valence-corrected chi connectivity index (χ1v) is 9.61. The molecule has 0 fully saturated rings. The lowest BCUT2D eigenvalue weighted by atomic mass is 10.2. The van der Waals surface area contributed by atoms with E-state index in [1.165, 1.54) is 36.2 Å². The molecule has 3 rings (SSSR count). The molecule has 0 aliphatic rings. The fourth-order valence-electron chi connectivity index (χ4n) is 2.79. The molecule has 0 aliphatic heterocycles. The number of hydrogen-bond acceptors (Lipinski definition) is 6. The van der Waals surface area contributed by atoms with Gasteiger partial charge in [0.05, 0.1) is 19.9 Å². The largest absolute Gasteiger partial charge is 0.493 e. The van der Waals surface area contributed by atoms with Gasteiger partial charge in [0.2, 0.25) is 0 Å². The third-order valence-electron chi connectivity index (χ3n) is 4.22. The molecule has 1 amide bonds. The Hall–Kier alpha value is -3.66. The summed E-state index contributed by atoms with van der Waals surface area (Å²) in [5, 5.41) is 7.26. The first kappa shape index (κ1) is 23.0. The fraction of sp³-hybridized carbons (Fsp3) is 0.190. The fourth-order valence-corrected chi connectivity index (χ4v) is 2.98. The summed E-state index contributed by atoms with van der Waals surface area (Å²) >= 11 is 6.16. The van der Waals surface area contributed by atoms with E-state index in [0.717, 1.165) is 5.56 Å². The molecule has 11 heteroatoms. The molecule has 0 atom stereocenters. The number of rotatable bonds is 9. The summed E-state index contributed by atoms with van der Waals surface area (Å²) in [4.78, 5) is 24.6. The van der Waals surface area contributed by atoms with Gasteiger partial charge >= 0.3 is 12.6 Å². The summed E-state index contributed by atoms with van der Waals surface area (Å²) < 4.78 is 41.2. The molecule has 3 aromatic rings. The van der Waals surface area contributed by atoms with Crippen LogP contribution in [0.4, 0.5) is 14.6 Å². The maximum absolute atomic E-state index is 12.7. The van der Waals surface area contributed by atoms with Gasteiger partial charge in [0, 0.05) is 11.1 Å². The minimum atomic E-state index is -3.18. The summed E-state index contributed by atoms with van der Waals surface area (Å²) in [5.74, 6) is -1.88. The Bertz CT molecular complexity index is 1110. The summed E-state index contributed by atoms with van der Waals surface area (Å²) in [6, 6.07) is 12.7. The van der Waals surface area contributed by atoms with E-state index in [9.17, 15) is 18.4 Å². The molecular weight excluding hydrogens is 448 g/mol. The zero-order valence-electron chi connectivity index (χ0n) is 16.8. The van der Waals surface area contributed by atoms with Crippen molar-refractivity contribution in [3.05, 3.63) is 70.9 Å². The highest BCUT2D eigenvalue weighted by atomic mass is 35.5.